The number of furan rings is 1. The molecule has 0 saturated carbocycles. The standard InChI is InChI=1S/C23H21NO5/c1-16-8-13-20(29-16)14-24(2)21(25)15-28-23(27)19-11-9-18(10-12-19)22(26)17-6-4-3-5-7-17/h3-13H,14-15H2,1-2H3. The maximum atomic E-state index is 12.4. The molecule has 0 radical (unpaired) electrons. The van der Waals surface area contributed by atoms with Gasteiger partial charge in [-0.2, -0.15) is 0 Å². The average molecular weight is 391 g/mol. The van der Waals surface area contributed by atoms with Crippen LogP contribution in [0.15, 0.2) is 71.1 Å². The van der Waals surface area contributed by atoms with E-state index < -0.39 is 5.97 Å². The molecule has 1 aromatic heterocycles. The Kier molecular flexibility index (Phi) is 6.24. The Bertz CT molecular complexity index is 1010. The highest BCUT2D eigenvalue weighted by atomic mass is 16.5. The second-order valence-electron chi connectivity index (χ2n) is 6.61. The topological polar surface area (TPSA) is 76.8 Å². The summed E-state index contributed by atoms with van der Waals surface area (Å²) in [4.78, 5) is 38.2. The van der Waals surface area contributed by atoms with Gasteiger partial charge in [0.1, 0.15) is 11.5 Å². The SMILES string of the molecule is Cc1ccc(CN(C)C(=O)COC(=O)c2ccc(C(=O)c3ccccc3)cc2)o1. The highest BCUT2D eigenvalue weighted by Crippen LogP contribution is 2.12. The first kappa shape index (κ1) is 20.1. The first-order valence-electron chi connectivity index (χ1n) is 9.10. The van der Waals surface area contributed by atoms with Gasteiger partial charge in [-0.05, 0) is 31.2 Å². The van der Waals surface area contributed by atoms with Crippen molar-refractivity contribution in [1.29, 1.82) is 0 Å². The summed E-state index contributed by atoms with van der Waals surface area (Å²) in [7, 11) is 1.61. The van der Waals surface area contributed by atoms with E-state index in [9.17, 15) is 14.4 Å². The summed E-state index contributed by atoms with van der Waals surface area (Å²) in [5, 5.41) is 0. The van der Waals surface area contributed by atoms with Crippen LogP contribution < -0.4 is 0 Å². The summed E-state index contributed by atoms with van der Waals surface area (Å²) in [5.74, 6) is 0.322. The third-order valence-corrected chi connectivity index (χ3v) is 4.36. The lowest BCUT2D eigenvalue weighted by Crippen LogP contribution is -2.30. The molecule has 148 valence electrons. The molecule has 1 heterocycles. The minimum atomic E-state index is -0.626. The number of ether oxygens (including phenoxy) is 1. The van der Waals surface area contributed by atoms with E-state index in [1.54, 1.807) is 49.5 Å². The van der Waals surface area contributed by atoms with E-state index in [2.05, 4.69) is 0 Å². The van der Waals surface area contributed by atoms with Crippen molar-refractivity contribution in [1.82, 2.24) is 4.90 Å². The molecule has 6 heteroatoms. The number of likely N-dealkylation sites (N-methyl/N-ethyl adjacent to an activating group) is 1. The van der Waals surface area contributed by atoms with Crippen molar-refractivity contribution in [3.8, 4) is 0 Å². The first-order valence-corrected chi connectivity index (χ1v) is 9.10. The fourth-order valence-electron chi connectivity index (χ4n) is 2.73. The fourth-order valence-corrected chi connectivity index (χ4v) is 2.73. The van der Waals surface area contributed by atoms with Gasteiger partial charge in [-0.3, -0.25) is 9.59 Å². The molecule has 0 spiro atoms. The van der Waals surface area contributed by atoms with Gasteiger partial charge in [0.05, 0.1) is 12.1 Å². The molecule has 0 saturated heterocycles. The van der Waals surface area contributed by atoms with Crippen molar-refractivity contribution in [2.24, 2.45) is 0 Å². The van der Waals surface area contributed by atoms with Gasteiger partial charge < -0.3 is 14.1 Å². The highest BCUT2D eigenvalue weighted by molar-refractivity contribution is 6.09. The van der Waals surface area contributed by atoms with Crippen LogP contribution in [0.1, 0.15) is 37.8 Å². The van der Waals surface area contributed by atoms with Gasteiger partial charge in [0.25, 0.3) is 5.91 Å². The first-order chi connectivity index (χ1) is 13.9. The van der Waals surface area contributed by atoms with Crippen LogP contribution in [0.2, 0.25) is 0 Å². The van der Waals surface area contributed by atoms with Crippen molar-refractivity contribution < 1.29 is 23.5 Å². The Labute approximate surface area is 168 Å². The number of benzene rings is 2. The van der Waals surface area contributed by atoms with E-state index in [0.29, 0.717) is 23.4 Å². The van der Waals surface area contributed by atoms with Crippen molar-refractivity contribution in [2.45, 2.75) is 13.5 Å². The third-order valence-electron chi connectivity index (χ3n) is 4.36. The van der Waals surface area contributed by atoms with Crippen molar-refractivity contribution in [3.63, 3.8) is 0 Å². The number of hydrogen-bond donors (Lipinski definition) is 0. The van der Waals surface area contributed by atoms with Gasteiger partial charge in [-0.25, -0.2) is 4.79 Å². The van der Waals surface area contributed by atoms with Gasteiger partial charge >= 0.3 is 5.97 Å². The maximum absolute atomic E-state index is 12.4. The molecule has 0 aliphatic heterocycles. The van der Waals surface area contributed by atoms with Crippen LogP contribution in [0.4, 0.5) is 0 Å². The summed E-state index contributed by atoms with van der Waals surface area (Å²) in [6.07, 6.45) is 0. The quantitative estimate of drug-likeness (QED) is 0.454. The molecule has 6 nitrogen and oxygen atoms in total. The lowest BCUT2D eigenvalue weighted by Gasteiger charge is -2.15. The fraction of sp³-hybridized carbons (Fsp3) is 0.174. The molecule has 0 fully saturated rings. The molecular weight excluding hydrogens is 370 g/mol. The van der Waals surface area contributed by atoms with Crippen molar-refractivity contribution in [2.75, 3.05) is 13.7 Å². The minimum Gasteiger partial charge on any atom is -0.464 e. The average Bonchev–Trinajstić information content (AvgIpc) is 3.16. The number of rotatable bonds is 7. The Morgan fingerprint density at radius 3 is 2.10 bits per heavy atom. The molecule has 0 unspecified atom stereocenters. The van der Waals surface area contributed by atoms with Gasteiger partial charge in [0.2, 0.25) is 0 Å². The normalized spacial score (nSPS) is 10.4. The molecule has 3 rings (SSSR count). The number of nitrogens with zero attached hydrogens (tertiary/aromatic N) is 1. The van der Waals surface area contributed by atoms with E-state index in [1.165, 1.54) is 17.0 Å². The van der Waals surface area contributed by atoms with E-state index >= 15 is 0 Å². The monoisotopic (exact) mass is 391 g/mol. The smallest absolute Gasteiger partial charge is 0.338 e. The van der Waals surface area contributed by atoms with Crippen molar-refractivity contribution >= 4 is 17.7 Å². The number of esters is 1. The Hall–Kier alpha value is -3.67. The summed E-state index contributed by atoms with van der Waals surface area (Å²) in [6, 6.07) is 18.7. The second-order valence-corrected chi connectivity index (χ2v) is 6.61. The number of aryl methyl sites for hydroxylation is 1. The number of carbonyl (C=O) groups excluding carboxylic acids is 3. The molecule has 1 amide bonds. The highest BCUT2D eigenvalue weighted by Gasteiger charge is 2.16. The summed E-state index contributed by atoms with van der Waals surface area (Å²) in [6.45, 7) is 1.74. The van der Waals surface area contributed by atoms with Gasteiger partial charge in [0, 0.05) is 18.2 Å². The summed E-state index contributed by atoms with van der Waals surface area (Å²) >= 11 is 0. The predicted octanol–water partition coefficient (Wildman–Crippen LogP) is 3.63. The van der Waals surface area contributed by atoms with E-state index in [-0.39, 0.29) is 23.9 Å². The van der Waals surface area contributed by atoms with E-state index in [1.807, 2.05) is 19.1 Å². The lowest BCUT2D eigenvalue weighted by molar-refractivity contribution is -0.134. The minimum absolute atomic E-state index is 0.129. The zero-order valence-electron chi connectivity index (χ0n) is 16.3. The summed E-state index contributed by atoms with van der Waals surface area (Å²) < 4.78 is 10.5. The Morgan fingerprint density at radius 2 is 1.48 bits per heavy atom. The van der Waals surface area contributed by atoms with Crippen LogP contribution in [-0.2, 0) is 16.1 Å². The number of hydrogen-bond acceptors (Lipinski definition) is 5. The van der Waals surface area contributed by atoms with E-state index in [0.717, 1.165) is 5.76 Å². The van der Waals surface area contributed by atoms with Crippen LogP contribution in [0.5, 0.6) is 0 Å². The third kappa shape index (κ3) is 5.19. The largest absolute Gasteiger partial charge is 0.464 e. The second kappa shape index (κ2) is 9.01. The van der Waals surface area contributed by atoms with E-state index in [4.69, 9.17) is 9.15 Å². The van der Waals surface area contributed by atoms with Crippen LogP contribution >= 0.6 is 0 Å². The van der Waals surface area contributed by atoms with Crippen LogP contribution in [0.25, 0.3) is 0 Å². The molecule has 0 aliphatic rings. The molecule has 2 aromatic carbocycles. The number of amides is 1. The molecule has 29 heavy (non-hydrogen) atoms. The van der Waals surface area contributed by atoms with Gasteiger partial charge in [0.15, 0.2) is 12.4 Å². The number of ketones is 1. The Balaban J connectivity index is 1.54. The Morgan fingerprint density at radius 1 is 0.862 bits per heavy atom. The molecule has 0 atom stereocenters. The number of carbonyl (C=O) groups is 3. The van der Waals surface area contributed by atoms with Crippen LogP contribution in [-0.4, -0.2) is 36.2 Å². The lowest BCUT2D eigenvalue weighted by atomic mass is 10.0. The zero-order valence-corrected chi connectivity index (χ0v) is 16.3. The molecule has 0 bridgehead atoms. The molecule has 0 N–H and O–H groups in total. The maximum Gasteiger partial charge on any atom is 0.338 e. The van der Waals surface area contributed by atoms with Gasteiger partial charge in [-0.15, -0.1) is 0 Å². The summed E-state index contributed by atoms with van der Waals surface area (Å²) in [5.41, 5.74) is 1.31. The molecular formula is C23H21NO5. The van der Waals surface area contributed by atoms with Crippen LogP contribution in [0.3, 0.4) is 0 Å². The van der Waals surface area contributed by atoms with Crippen LogP contribution in [0, 0.1) is 6.92 Å². The zero-order chi connectivity index (χ0) is 20.8. The predicted molar refractivity (Wildman–Crippen MR) is 107 cm³/mol. The van der Waals surface area contributed by atoms with Gasteiger partial charge in [-0.1, -0.05) is 42.5 Å². The molecule has 0 aliphatic carbocycles. The van der Waals surface area contributed by atoms with Crippen molar-refractivity contribution in [3.05, 3.63) is 94.9 Å². The molecule has 3 aromatic rings.